The molecule has 2 fully saturated rings. The van der Waals surface area contributed by atoms with Crippen LogP contribution in [0.15, 0.2) is 11.4 Å². The number of rotatable bonds is 2. The van der Waals surface area contributed by atoms with Crippen molar-refractivity contribution in [3.8, 4) is 0 Å². The lowest BCUT2D eigenvalue weighted by molar-refractivity contribution is -0.156. The summed E-state index contributed by atoms with van der Waals surface area (Å²) in [5.41, 5.74) is 1.50. The summed E-state index contributed by atoms with van der Waals surface area (Å²) in [6.07, 6.45) is 3.73. The number of carbonyl (C=O) groups excluding carboxylic acids is 1. The van der Waals surface area contributed by atoms with Crippen LogP contribution in [0.25, 0.3) is 0 Å². The van der Waals surface area contributed by atoms with Gasteiger partial charge in [-0.2, -0.15) is 0 Å². The second-order valence-corrected chi connectivity index (χ2v) is 8.39. The third-order valence-corrected chi connectivity index (χ3v) is 6.70. The van der Waals surface area contributed by atoms with Crippen LogP contribution < -0.4 is 0 Å². The predicted octanol–water partition coefficient (Wildman–Crippen LogP) is 1.82. The molecule has 5 nitrogen and oxygen atoms in total. The third kappa shape index (κ3) is 2.58. The molecule has 23 heavy (non-hydrogen) atoms. The predicted molar refractivity (Wildman–Crippen MR) is 87.3 cm³/mol. The molecular weight excluding hydrogens is 312 g/mol. The monoisotopic (exact) mass is 334 g/mol. The molecule has 2 atom stereocenters. The van der Waals surface area contributed by atoms with Gasteiger partial charge in [0.1, 0.15) is 6.04 Å². The van der Waals surface area contributed by atoms with Crippen molar-refractivity contribution in [2.45, 2.75) is 38.3 Å². The van der Waals surface area contributed by atoms with Gasteiger partial charge in [-0.1, -0.05) is 0 Å². The van der Waals surface area contributed by atoms with Gasteiger partial charge < -0.3 is 10.0 Å². The number of fused-ring (bicyclic) bond motifs is 1. The minimum atomic E-state index is -0.824. The number of likely N-dealkylation sites (N-methyl/N-ethyl adjacent to an activating group) is 1. The number of aliphatic carboxylic acids is 1. The van der Waals surface area contributed by atoms with Gasteiger partial charge in [0.15, 0.2) is 0 Å². The quantitative estimate of drug-likeness (QED) is 0.896. The Balaban J connectivity index is 1.55. The normalized spacial score (nSPS) is 29.3. The lowest BCUT2D eigenvalue weighted by atomic mass is 9.80. The molecule has 0 radical (unpaired) electrons. The van der Waals surface area contributed by atoms with Crippen LogP contribution in [0, 0.1) is 11.3 Å². The van der Waals surface area contributed by atoms with Crippen molar-refractivity contribution in [3.05, 3.63) is 21.9 Å². The van der Waals surface area contributed by atoms with Gasteiger partial charge in [0.05, 0.1) is 12.5 Å². The van der Waals surface area contributed by atoms with Gasteiger partial charge in [-0.15, -0.1) is 11.3 Å². The first-order chi connectivity index (χ1) is 11.0. The second kappa shape index (κ2) is 5.31. The van der Waals surface area contributed by atoms with Gasteiger partial charge in [-0.05, 0) is 55.2 Å². The maximum absolute atomic E-state index is 13.1. The maximum Gasteiger partial charge on any atom is 0.308 e. The Morgan fingerprint density at radius 1 is 1.39 bits per heavy atom. The maximum atomic E-state index is 13.1. The van der Waals surface area contributed by atoms with Gasteiger partial charge in [0, 0.05) is 18.0 Å². The summed E-state index contributed by atoms with van der Waals surface area (Å²) >= 11 is 1.69. The Kier molecular flexibility index (Phi) is 3.50. The van der Waals surface area contributed by atoms with Crippen LogP contribution in [0.1, 0.15) is 29.7 Å². The van der Waals surface area contributed by atoms with Crippen molar-refractivity contribution in [1.29, 1.82) is 0 Å². The van der Waals surface area contributed by atoms with E-state index in [1.54, 1.807) is 11.3 Å². The summed E-state index contributed by atoms with van der Waals surface area (Å²) in [4.78, 5) is 29.9. The van der Waals surface area contributed by atoms with E-state index in [4.69, 9.17) is 0 Å². The number of piperidine rings is 1. The van der Waals surface area contributed by atoms with E-state index in [0.717, 1.165) is 25.8 Å². The van der Waals surface area contributed by atoms with E-state index >= 15 is 0 Å². The molecule has 4 rings (SSSR count). The molecule has 2 aliphatic heterocycles. The molecule has 124 valence electrons. The highest BCUT2D eigenvalue weighted by molar-refractivity contribution is 7.10. The van der Waals surface area contributed by atoms with E-state index in [9.17, 15) is 14.7 Å². The fourth-order valence-electron chi connectivity index (χ4n) is 4.31. The van der Waals surface area contributed by atoms with Gasteiger partial charge in [-0.25, -0.2) is 0 Å². The van der Waals surface area contributed by atoms with Crippen molar-refractivity contribution in [1.82, 2.24) is 9.80 Å². The molecule has 1 aromatic heterocycles. The number of carboxylic acids is 1. The highest BCUT2D eigenvalue weighted by Gasteiger charge is 2.55. The molecule has 2 unspecified atom stereocenters. The van der Waals surface area contributed by atoms with E-state index in [1.807, 2.05) is 16.8 Å². The van der Waals surface area contributed by atoms with Crippen molar-refractivity contribution < 1.29 is 14.7 Å². The number of nitrogens with zero attached hydrogens (tertiary/aromatic N) is 2. The standard InChI is InChI=1S/C17H22N2O3S/c1-18-10-17(4-5-17)8-12(16(21)22)14(18)15(20)19-6-2-11-3-7-23-13(11)9-19/h3,7,12,14H,2,4-6,8-10H2,1H3,(H,21,22). The van der Waals surface area contributed by atoms with Crippen LogP contribution in [0.5, 0.6) is 0 Å². The molecule has 1 aromatic rings. The van der Waals surface area contributed by atoms with E-state index in [-0.39, 0.29) is 11.3 Å². The van der Waals surface area contributed by atoms with Crippen LogP contribution in [0.3, 0.4) is 0 Å². The fraction of sp³-hybridized carbons (Fsp3) is 0.647. The van der Waals surface area contributed by atoms with Crippen LogP contribution in [-0.4, -0.2) is 53.0 Å². The van der Waals surface area contributed by atoms with Crippen LogP contribution >= 0.6 is 11.3 Å². The first kappa shape index (κ1) is 15.1. The highest BCUT2D eigenvalue weighted by Crippen LogP contribution is 2.54. The summed E-state index contributed by atoms with van der Waals surface area (Å²) in [5, 5.41) is 11.7. The molecule has 0 aromatic carbocycles. The first-order valence-electron chi connectivity index (χ1n) is 8.26. The van der Waals surface area contributed by atoms with Crippen LogP contribution in [-0.2, 0) is 22.6 Å². The molecule has 3 heterocycles. The molecule has 1 saturated heterocycles. The fourth-order valence-corrected chi connectivity index (χ4v) is 5.26. The average Bonchev–Trinajstić information content (AvgIpc) is 3.09. The summed E-state index contributed by atoms with van der Waals surface area (Å²) in [6.45, 7) is 2.18. The molecule has 1 amide bonds. The SMILES string of the molecule is CN1CC2(CC2)CC(C(=O)O)C1C(=O)N1CCc2ccsc2C1. The molecule has 1 aliphatic carbocycles. The third-order valence-electron chi connectivity index (χ3n) is 5.76. The number of hydrogen-bond donors (Lipinski definition) is 1. The molecule has 1 N–H and O–H groups in total. The number of thiophene rings is 1. The van der Waals surface area contributed by atoms with Crippen LogP contribution in [0.2, 0.25) is 0 Å². The minimum Gasteiger partial charge on any atom is -0.481 e. The minimum absolute atomic E-state index is 0.00514. The first-order valence-corrected chi connectivity index (χ1v) is 9.14. The lowest BCUT2D eigenvalue weighted by Crippen LogP contribution is -2.58. The summed E-state index contributed by atoms with van der Waals surface area (Å²) in [7, 11) is 1.91. The van der Waals surface area contributed by atoms with E-state index in [0.29, 0.717) is 19.5 Å². The summed E-state index contributed by atoms with van der Waals surface area (Å²) < 4.78 is 0. The average molecular weight is 334 g/mol. The topological polar surface area (TPSA) is 60.9 Å². The second-order valence-electron chi connectivity index (χ2n) is 7.39. The molecule has 6 heteroatoms. The summed E-state index contributed by atoms with van der Waals surface area (Å²) in [6, 6.07) is 1.62. The Bertz CT molecular complexity index is 652. The molecule has 0 bridgehead atoms. The molecule has 1 saturated carbocycles. The van der Waals surface area contributed by atoms with Gasteiger partial charge in [-0.3, -0.25) is 14.5 Å². The number of amides is 1. The Morgan fingerprint density at radius 2 is 2.17 bits per heavy atom. The van der Waals surface area contributed by atoms with Crippen LogP contribution in [0.4, 0.5) is 0 Å². The zero-order valence-electron chi connectivity index (χ0n) is 13.3. The number of hydrogen-bond acceptors (Lipinski definition) is 4. The van der Waals surface area contributed by atoms with E-state index in [2.05, 4.69) is 11.4 Å². The van der Waals surface area contributed by atoms with E-state index < -0.39 is 17.9 Å². The number of carbonyl (C=O) groups is 2. The van der Waals surface area contributed by atoms with Gasteiger partial charge >= 0.3 is 5.97 Å². The van der Waals surface area contributed by atoms with E-state index in [1.165, 1.54) is 10.4 Å². The largest absolute Gasteiger partial charge is 0.481 e. The van der Waals surface area contributed by atoms with Crippen molar-refractivity contribution >= 4 is 23.2 Å². The molecule has 1 spiro atoms. The van der Waals surface area contributed by atoms with Crippen molar-refractivity contribution in [2.24, 2.45) is 11.3 Å². The summed E-state index contributed by atoms with van der Waals surface area (Å²) in [5.74, 6) is -1.40. The molecule has 3 aliphatic rings. The van der Waals surface area contributed by atoms with Crippen molar-refractivity contribution in [3.63, 3.8) is 0 Å². The smallest absolute Gasteiger partial charge is 0.308 e. The zero-order chi connectivity index (χ0) is 16.2. The Hall–Kier alpha value is -1.40. The van der Waals surface area contributed by atoms with Crippen molar-refractivity contribution in [2.75, 3.05) is 20.1 Å². The van der Waals surface area contributed by atoms with Gasteiger partial charge in [0.25, 0.3) is 0 Å². The Morgan fingerprint density at radius 3 is 2.87 bits per heavy atom. The Labute approximate surface area is 139 Å². The highest BCUT2D eigenvalue weighted by atomic mass is 32.1. The lowest BCUT2D eigenvalue weighted by Gasteiger charge is -2.43. The number of likely N-dealkylation sites (tertiary alicyclic amines) is 1. The zero-order valence-corrected chi connectivity index (χ0v) is 14.1. The van der Waals surface area contributed by atoms with Gasteiger partial charge in [0.2, 0.25) is 5.91 Å². The molecular formula is C17H22N2O3S. The number of carboxylic acid groups (broad SMARTS) is 1.